The molecule has 3 fully saturated rings. The lowest BCUT2D eigenvalue weighted by Gasteiger charge is -2.58. The van der Waals surface area contributed by atoms with E-state index < -0.39 is 30.4 Å². The molecule has 0 radical (unpaired) electrons. The fourth-order valence-corrected chi connectivity index (χ4v) is 9.38. The minimum atomic E-state index is -0.611. The summed E-state index contributed by atoms with van der Waals surface area (Å²) in [6.45, 7) is 12.9. The van der Waals surface area contributed by atoms with E-state index in [1.165, 1.54) is 45.2 Å². The molecule has 0 saturated heterocycles. The van der Waals surface area contributed by atoms with Crippen molar-refractivity contribution in [2.45, 2.75) is 130 Å². The minimum Gasteiger partial charge on any atom is -0.463 e. The van der Waals surface area contributed by atoms with Crippen molar-refractivity contribution < 1.29 is 33.4 Å². The van der Waals surface area contributed by atoms with Gasteiger partial charge in [-0.1, -0.05) is 44.0 Å². The number of carbonyl (C=O) groups excluding carboxylic acids is 2. The second kappa shape index (κ2) is 13.4. The molecule has 0 amide bonds. The Morgan fingerprint density at radius 2 is 1.84 bits per heavy atom. The molecule has 3 saturated carbocycles. The summed E-state index contributed by atoms with van der Waals surface area (Å²) in [4.78, 5) is 28.7. The summed E-state index contributed by atoms with van der Waals surface area (Å²) >= 11 is 0. The molecule has 10 atom stereocenters. The van der Waals surface area contributed by atoms with Gasteiger partial charge in [0.1, 0.15) is 25.4 Å². The molecule has 240 valence electrons. The zero-order valence-corrected chi connectivity index (χ0v) is 27.1. The first-order chi connectivity index (χ1) is 20.5. The molecule has 5 rings (SSSR count). The van der Waals surface area contributed by atoms with E-state index in [0.29, 0.717) is 17.3 Å². The van der Waals surface area contributed by atoms with Crippen LogP contribution in [-0.4, -0.2) is 55.5 Å². The van der Waals surface area contributed by atoms with E-state index in [1.54, 1.807) is 11.6 Å². The van der Waals surface area contributed by atoms with Crippen molar-refractivity contribution in [3.05, 3.63) is 23.8 Å². The minimum absolute atomic E-state index is 0.00659. The van der Waals surface area contributed by atoms with Gasteiger partial charge < -0.3 is 23.8 Å². The third-order valence-corrected chi connectivity index (χ3v) is 11.6. The summed E-state index contributed by atoms with van der Waals surface area (Å²) < 4.78 is 23.1. The maximum atomic E-state index is 11.6. The number of fused-ring (bicyclic) bond motifs is 5. The lowest BCUT2D eigenvalue weighted by atomic mass is 9.47. The monoisotopic (exact) mass is 599 g/mol. The molecule has 1 unspecified atom stereocenters. The number of carbonyl (C=O) groups is 2. The highest BCUT2D eigenvalue weighted by Gasteiger charge is 2.59. The normalized spacial score (nSPS) is 40.5. The number of oxime groups is 1. The van der Waals surface area contributed by atoms with Crippen LogP contribution in [0.1, 0.15) is 106 Å². The summed E-state index contributed by atoms with van der Waals surface area (Å²) in [6.07, 6.45) is 15.9. The Bertz CT molecular complexity index is 1120. The fourth-order valence-electron chi connectivity index (χ4n) is 9.38. The van der Waals surface area contributed by atoms with Gasteiger partial charge in [0.05, 0.1) is 11.8 Å². The molecule has 0 spiro atoms. The summed E-state index contributed by atoms with van der Waals surface area (Å²) in [5.41, 5.74) is 3.28. The Kier molecular flexibility index (Phi) is 10.1. The summed E-state index contributed by atoms with van der Waals surface area (Å²) in [6, 6.07) is 0. The smallest absolute Gasteiger partial charge is 0.303 e. The number of hydrogen-bond acceptors (Lipinski definition) is 8. The molecule has 5 aliphatic rings. The second-order valence-corrected chi connectivity index (χ2v) is 14.2. The van der Waals surface area contributed by atoms with Crippen molar-refractivity contribution in [3.8, 4) is 0 Å². The van der Waals surface area contributed by atoms with E-state index in [2.05, 4.69) is 38.9 Å². The van der Waals surface area contributed by atoms with Gasteiger partial charge in [-0.3, -0.25) is 9.59 Å². The van der Waals surface area contributed by atoms with Crippen LogP contribution in [0, 0.1) is 34.5 Å². The summed E-state index contributed by atoms with van der Waals surface area (Å²) in [5.74, 6) is 1.90. The molecular formula is C35H53NO7. The van der Waals surface area contributed by atoms with Gasteiger partial charge in [0.15, 0.2) is 6.29 Å². The predicted molar refractivity (Wildman–Crippen MR) is 164 cm³/mol. The molecule has 8 heteroatoms. The maximum absolute atomic E-state index is 11.6. The first-order valence-electron chi connectivity index (χ1n) is 16.7. The van der Waals surface area contributed by atoms with E-state index in [-0.39, 0.29) is 18.1 Å². The summed E-state index contributed by atoms with van der Waals surface area (Å²) in [7, 11) is 0. The van der Waals surface area contributed by atoms with Crippen molar-refractivity contribution in [1.29, 1.82) is 0 Å². The quantitative estimate of drug-likeness (QED) is 0.0885. The number of allylic oxidation sites excluding steroid dienone is 1. The van der Waals surface area contributed by atoms with Crippen molar-refractivity contribution in [2.75, 3.05) is 13.2 Å². The molecule has 0 bridgehead atoms. The molecule has 8 nitrogen and oxygen atoms in total. The largest absolute Gasteiger partial charge is 0.463 e. The van der Waals surface area contributed by atoms with Crippen LogP contribution < -0.4 is 0 Å². The van der Waals surface area contributed by atoms with E-state index >= 15 is 0 Å². The Hall–Kier alpha value is -2.19. The van der Waals surface area contributed by atoms with Crippen LogP contribution in [0.15, 0.2) is 29.0 Å². The number of hydrogen-bond donors (Lipinski definition) is 0. The topological polar surface area (TPSA) is 92.6 Å². The Balaban J connectivity index is 1.22. The van der Waals surface area contributed by atoms with Crippen LogP contribution in [0.2, 0.25) is 0 Å². The molecular weight excluding hydrogens is 546 g/mol. The van der Waals surface area contributed by atoms with Gasteiger partial charge in [-0.25, -0.2) is 0 Å². The van der Waals surface area contributed by atoms with E-state index in [4.69, 9.17) is 23.8 Å². The van der Waals surface area contributed by atoms with Gasteiger partial charge in [0, 0.05) is 19.8 Å². The van der Waals surface area contributed by atoms with E-state index in [1.807, 2.05) is 6.08 Å². The Labute approximate surface area is 257 Å². The number of unbranched alkanes of at least 4 members (excludes halogenated alkanes) is 1. The van der Waals surface area contributed by atoms with Crippen LogP contribution in [0.3, 0.4) is 0 Å². The zero-order chi connectivity index (χ0) is 30.8. The van der Waals surface area contributed by atoms with Gasteiger partial charge in [-0.05, 0) is 105 Å². The second-order valence-electron chi connectivity index (χ2n) is 14.2. The van der Waals surface area contributed by atoms with Crippen LogP contribution in [0.4, 0.5) is 0 Å². The van der Waals surface area contributed by atoms with Gasteiger partial charge in [0.25, 0.3) is 0 Å². The Morgan fingerprint density at radius 3 is 2.58 bits per heavy atom. The average molecular weight is 600 g/mol. The van der Waals surface area contributed by atoms with Gasteiger partial charge in [0.2, 0.25) is 0 Å². The van der Waals surface area contributed by atoms with Gasteiger partial charge in [-0.15, -0.1) is 0 Å². The Morgan fingerprint density at radius 1 is 1.02 bits per heavy atom. The maximum Gasteiger partial charge on any atom is 0.303 e. The van der Waals surface area contributed by atoms with Crippen molar-refractivity contribution in [3.63, 3.8) is 0 Å². The fraction of sp³-hybridized carbons (Fsp3) is 0.800. The van der Waals surface area contributed by atoms with Crippen molar-refractivity contribution in [2.24, 2.45) is 39.7 Å². The molecule has 1 aliphatic heterocycles. The molecule has 43 heavy (non-hydrogen) atoms. The molecule has 0 aromatic carbocycles. The number of ether oxygens (including phenoxy) is 4. The van der Waals surface area contributed by atoms with Crippen LogP contribution in [-0.2, 0) is 33.4 Å². The number of nitrogens with zero attached hydrogens (tertiary/aromatic N) is 1. The molecule has 0 N–H and O–H groups in total. The third-order valence-electron chi connectivity index (χ3n) is 11.6. The highest BCUT2D eigenvalue weighted by molar-refractivity contribution is 5.85. The van der Waals surface area contributed by atoms with E-state index in [0.717, 1.165) is 57.0 Å². The predicted octanol–water partition coefficient (Wildman–Crippen LogP) is 6.92. The van der Waals surface area contributed by atoms with Crippen molar-refractivity contribution in [1.82, 2.24) is 0 Å². The standard InChI is InChI=1S/C35H53NO7/c1-7-8-19-40-36-22(2)28-11-12-29-27-10-9-25-20-26(15-17-34(25,5)30(27)16-18-35(28,29)6)42-33-14-13-31(41-24(4)38)32(43-33)21-39-23(3)37/h9,13-14,26-33H,7-8,10-12,15-21H2,1-6H3/b36-22+/t26-,27-,28+,29-,30-,31-,32+,33?,34-,35+/m0/s1. The van der Waals surface area contributed by atoms with Gasteiger partial charge in [-0.2, -0.15) is 0 Å². The van der Waals surface area contributed by atoms with Crippen molar-refractivity contribution >= 4 is 17.7 Å². The van der Waals surface area contributed by atoms with Crippen LogP contribution in [0.5, 0.6) is 0 Å². The van der Waals surface area contributed by atoms with Crippen LogP contribution in [0.25, 0.3) is 0 Å². The van der Waals surface area contributed by atoms with Crippen LogP contribution >= 0.6 is 0 Å². The first kappa shape index (κ1) is 32.2. The summed E-state index contributed by atoms with van der Waals surface area (Å²) in [5, 5.41) is 4.59. The average Bonchev–Trinajstić information content (AvgIpc) is 3.32. The SMILES string of the molecule is CCCCO/N=C(\C)[C@H]1CC[C@H]2[C@@H]3CC=C4C[C@@H](OC5C=C[C@H](OC(C)=O)[C@@H](COC(C)=O)O5)CC[C@]4(C)[C@H]3CC[C@]12C. The number of rotatable bonds is 10. The first-order valence-corrected chi connectivity index (χ1v) is 16.7. The molecule has 0 aromatic rings. The lowest BCUT2D eigenvalue weighted by molar-refractivity contribution is -0.213. The van der Waals surface area contributed by atoms with Gasteiger partial charge >= 0.3 is 11.9 Å². The molecule has 1 heterocycles. The highest BCUT2D eigenvalue weighted by atomic mass is 16.7. The number of esters is 2. The third kappa shape index (κ3) is 6.75. The lowest BCUT2D eigenvalue weighted by Crippen LogP contribution is -2.51. The van der Waals surface area contributed by atoms with E-state index in [9.17, 15) is 9.59 Å². The molecule has 4 aliphatic carbocycles. The highest BCUT2D eigenvalue weighted by Crippen LogP contribution is 2.66. The zero-order valence-electron chi connectivity index (χ0n) is 27.1. The molecule has 0 aromatic heterocycles.